The quantitative estimate of drug-likeness (QED) is 0.882. The van der Waals surface area contributed by atoms with Crippen LogP contribution in [0.25, 0.3) is 0 Å². The molecule has 0 fully saturated rings. The first-order valence-corrected chi connectivity index (χ1v) is 5.66. The van der Waals surface area contributed by atoms with Gasteiger partial charge in [-0.15, -0.1) is 11.3 Å². The summed E-state index contributed by atoms with van der Waals surface area (Å²) in [6.07, 6.45) is -0.421. The van der Waals surface area contributed by atoms with E-state index in [4.69, 9.17) is 0 Å². The van der Waals surface area contributed by atoms with Crippen LogP contribution in [0.4, 0.5) is 5.13 Å². The lowest BCUT2D eigenvalue weighted by atomic mass is 9.99. The number of halogens is 1. The number of hydrogen-bond acceptors (Lipinski definition) is 4. The Labute approximate surface area is 90.3 Å². The molecule has 0 aliphatic carbocycles. The predicted molar refractivity (Wildman–Crippen MR) is 59.2 cm³/mol. The van der Waals surface area contributed by atoms with E-state index in [0.717, 1.165) is 9.73 Å². The summed E-state index contributed by atoms with van der Waals surface area (Å²) >= 11 is 4.79. The molecule has 0 aliphatic rings. The van der Waals surface area contributed by atoms with E-state index in [9.17, 15) is 5.11 Å². The first-order valence-electron chi connectivity index (χ1n) is 3.99. The number of rotatable bonds is 3. The minimum absolute atomic E-state index is 0.350. The summed E-state index contributed by atoms with van der Waals surface area (Å²) < 4.78 is 0.821. The molecule has 1 aromatic rings. The van der Waals surface area contributed by atoms with Crippen LogP contribution in [-0.4, -0.2) is 21.7 Å². The number of nitrogens with zero attached hydrogens (tertiary/aromatic N) is 1. The van der Waals surface area contributed by atoms with E-state index in [2.05, 4.69) is 26.2 Å². The van der Waals surface area contributed by atoms with E-state index in [-0.39, 0.29) is 5.54 Å². The lowest BCUT2D eigenvalue weighted by Gasteiger charge is -2.28. The molecule has 5 heteroatoms. The van der Waals surface area contributed by atoms with Gasteiger partial charge in [0.05, 0.1) is 11.6 Å². The predicted octanol–water partition coefficient (Wildman–Crippen LogP) is 2.48. The van der Waals surface area contributed by atoms with Gasteiger partial charge in [-0.1, -0.05) is 0 Å². The fourth-order valence-electron chi connectivity index (χ4n) is 0.692. The van der Waals surface area contributed by atoms with Crippen LogP contribution in [0.3, 0.4) is 0 Å². The van der Waals surface area contributed by atoms with Gasteiger partial charge in [0.1, 0.15) is 4.60 Å². The fraction of sp³-hybridized carbons (Fsp3) is 0.625. The van der Waals surface area contributed by atoms with Crippen LogP contribution in [0.15, 0.2) is 9.98 Å². The molecule has 1 heterocycles. The maximum atomic E-state index is 9.45. The van der Waals surface area contributed by atoms with Crippen molar-refractivity contribution in [2.45, 2.75) is 32.4 Å². The van der Waals surface area contributed by atoms with Crippen molar-refractivity contribution in [3.8, 4) is 0 Å². The number of anilines is 1. The van der Waals surface area contributed by atoms with Crippen molar-refractivity contribution in [3.05, 3.63) is 9.98 Å². The maximum absolute atomic E-state index is 9.45. The lowest BCUT2D eigenvalue weighted by molar-refractivity contribution is 0.133. The molecule has 13 heavy (non-hydrogen) atoms. The zero-order valence-electron chi connectivity index (χ0n) is 7.84. The summed E-state index contributed by atoms with van der Waals surface area (Å²) in [4.78, 5) is 4.19. The summed E-state index contributed by atoms with van der Waals surface area (Å²) in [6.45, 7) is 5.63. The second-order valence-corrected chi connectivity index (χ2v) is 5.17. The number of aliphatic hydroxyl groups excluding tert-OH is 1. The molecule has 1 unspecified atom stereocenters. The molecule has 3 nitrogen and oxygen atoms in total. The standard InChI is InChI=1S/C8H13BrN2OS/c1-5(12)8(2,3)11-7-10-6(9)4-13-7/h4-5,12H,1-3H3,(H,10,11). The van der Waals surface area contributed by atoms with E-state index in [1.54, 1.807) is 6.92 Å². The van der Waals surface area contributed by atoms with Gasteiger partial charge in [-0.05, 0) is 36.7 Å². The molecule has 0 aromatic carbocycles. The van der Waals surface area contributed by atoms with Crippen LogP contribution in [0.1, 0.15) is 20.8 Å². The fourth-order valence-corrected chi connectivity index (χ4v) is 2.00. The van der Waals surface area contributed by atoms with Crippen LogP contribution in [0.2, 0.25) is 0 Å². The molecule has 0 radical (unpaired) electrons. The van der Waals surface area contributed by atoms with Crippen LogP contribution >= 0.6 is 27.3 Å². The van der Waals surface area contributed by atoms with Gasteiger partial charge in [0.15, 0.2) is 5.13 Å². The molecule has 0 bridgehead atoms. The highest BCUT2D eigenvalue weighted by Gasteiger charge is 2.24. The molecular formula is C8H13BrN2OS. The largest absolute Gasteiger partial charge is 0.391 e. The van der Waals surface area contributed by atoms with Gasteiger partial charge in [-0.2, -0.15) is 0 Å². The van der Waals surface area contributed by atoms with Crippen LogP contribution < -0.4 is 5.32 Å². The Morgan fingerprint density at radius 1 is 1.69 bits per heavy atom. The normalized spacial score (nSPS) is 14.2. The Balaban J connectivity index is 2.68. The molecule has 2 N–H and O–H groups in total. The molecule has 0 saturated heterocycles. The summed E-state index contributed by atoms with van der Waals surface area (Å²) in [5.74, 6) is 0. The summed E-state index contributed by atoms with van der Waals surface area (Å²) in [6, 6.07) is 0. The van der Waals surface area contributed by atoms with Gasteiger partial charge < -0.3 is 10.4 Å². The highest BCUT2D eigenvalue weighted by Crippen LogP contribution is 2.24. The topological polar surface area (TPSA) is 45.1 Å². The van der Waals surface area contributed by atoms with Crippen LogP contribution in [0, 0.1) is 0 Å². The molecule has 0 spiro atoms. The molecule has 1 atom stereocenters. The maximum Gasteiger partial charge on any atom is 0.184 e. The molecule has 1 aromatic heterocycles. The molecular weight excluding hydrogens is 252 g/mol. The van der Waals surface area contributed by atoms with E-state index >= 15 is 0 Å². The minimum atomic E-state index is -0.421. The molecule has 0 aliphatic heterocycles. The van der Waals surface area contributed by atoms with Crippen LogP contribution in [0.5, 0.6) is 0 Å². The Hall–Kier alpha value is -0.130. The highest BCUT2D eigenvalue weighted by atomic mass is 79.9. The van der Waals surface area contributed by atoms with Crippen LogP contribution in [-0.2, 0) is 0 Å². The van der Waals surface area contributed by atoms with Gasteiger partial charge in [0, 0.05) is 5.38 Å². The van der Waals surface area contributed by atoms with Crippen molar-refractivity contribution >= 4 is 32.4 Å². The number of hydrogen-bond donors (Lipinski definition) is 2. The Morgan fingerprint density at radius 3 is 2.69 bits per heavy atom. The number of nitrogens with one attached hydrogen (secondary N) is 1. The van der Waals surface area contributed by atoms with E-state index < -0.39 is 6.10 Å². The van der Waals surface area contributed by atoms with Gasteiger partial charge in [0.2, 0.25) is 0 Å². The average Bonchev–Trinajstić information content (AvgIpc) is 2.34. The van der Waals surface area contributed by atoms with Crippen molar-refractivity contribution < 1.29 is 5.11 Å². The van der Waals surface area contributed by atoms with Crippen molar-refractivity contribution in [3.63, 3.8) is 0 Å². The average molecular weight is 265 g/mol. The zero-order valence-corrected chi connectivity index (χ0v) is 10.2. The summed E-state index contributed by atoms with van der Waals surface area (Å²) in [5.41, 5.74) is -0.350. The van der Waals surface area contributed by atoms with Crippen molar-refractivity contribution in [1.82, 2.24) is 4.98 Å². The number of aromatic nitrogens is 1. The van der Waals surface area contributed by atoms with E-state index in [1.807, 2.05) is 19.2 Å². The van der Waals surface area contributed by atoms with Gasteiger partial charge in [0.25, 0.3) is 0 Å². The third-order valence-electron chi connectivity index (χ3n) is 1.95. The second-order valence-electron chi connectivity index (χ2n) is 3.50. The van der Waals surface area contributed by atoms with Gasteiger partial charge >= 0.3 is 0 Å². The van der Waals surface area contributed by atoms with Gasteiger partial charge in [-0.3, -0.25) is 0 Å². The minimum Gasteiger partial charge on any atom is -0.391 e. The second kappa shape index (κ2) is 3.94. The van der Waals surface area contributed by atoms with Crippen molar-refractivity contribution in [2.75, 3.05) is 5.32 Å². The molecule has 0 saturated carbocycles. The van der Waals surface area contributed by atoms with E-state index in [1.165, 1.54) is 11.3 Å². The molecule has 1 rings (SSSR count). The summed E-state index contributed by atoms with van der Waals surface area (Å²) in [5, 5.41) is 15.3. The number of thiazole rings is 1. The Morgan fingerprint density at radius 2 is 2.31 bits per heavy atom. The Bertz CT molecular complexity index is 285. The van der Waals surface area contributed by atoms with Crippen molar-refractivity contribution in [1.29, 1.82) is 0 Å². The smallest absolute Gasteiger partial charge is 0.184 e. The molecule has 0 amide bonds. The third-order valence-corrected chi connectivity index (χ3v) is 3.42. The first kappa shape index (κ1) is 10.9. The monoisotopic (exact) mass is 264 g/mol. The first-order chi connectivity index (χ1) is 5.92. The van der Waals surface area contributed by atoms with Gasteiger partial charge in [-0.25, -0.2) is 4.98 Å². The molecule has 74 valence electrons. The lowest BCUT2D eigenvalue weighted by Crippen LogP contribution is -2.41. The summed E-state index contributed by atoms with van der Waals surface area (Å²) in [7, 11) is 0. The Kier molecular flexibility index (Phi) is 3.32. The third kappa shape index (κ3) is 2.93. The van der Waals surface area contributed by atoms with Crippen molar-refractivity contribution in [2.24, 2.45) is 0 Å². The van der Waals surface area contributed by atoms with E-state index in [0.29, 0.717) is 0 Å². The number of aliphatic hydroxyl groups is 1. The zero-order chi connectivity index (χ0) is 10.1. The SMILES string of the molecule is CC(O)C(C)(C)Nc1nc(Br)cs1. The highest BCUT2D eigenvalue weighted by molar-refractivity contribution is 9.10.